The van der Waals surface area contributed by atoms with Gasteiger partial charge in [0.25, 0.3) is 5.91 Å². The number of rotatable bonds is 6. The molecule has 2 heterocycles. The molecule has 6 nitrogen and oxygen atoms in total. The highest BCUT2D eigenvalue weighted by Crippen LogP contribution is 2.33. The molecule has 0 saturated heterocycles. The minimum Gasteiger partial charge on any atom is -0.351 e. The molecule has 0 radical (unpaired) electrons. The predicted molar refractivity (Wildman–Crippen MR) is 109 cm³/mol. The summed E-state index contributed by atoms with van der Waals surface area (Å²) in [7, 11) is 1.87. The summed E-state index contributed by atoms with van der Waals surface area (Å²) < 4.78 is 1.78. The van der Waals surface area contributed by atoms with Gasteiger partial charge in [-0.1, -0.05) is 32.9 Å². The summed E-state index contributed by atoms with van der Waals surface area (Å²) in [4.78, 5) is 26.6. The number of hydrogen-bond acceptors (Lipinski definition) is 4. The van der Waals surface area contributed by atoms with Gasteiger partial charge in [0.05, 0.1) is 22.5 Å². The Kier molecular flexibility index (Phi) is 5.69. The quantitative estimate of drug-likeness (QED) is 0.745. The van der Waals surface area contributed by atoms with E-state index in [0.29, 0.717) is 23.9 Å². The molecule has 2 aromatic rings. The second-order valence-corrected chi connectivity index (χ2v) is 8.99. The van der Waals surface area contributed by atoms with Crippen LogP contribution in [0.25, 0.3) is 10.2 Å². The number of fused-ring (bicyclic) bond motifs is 1. The molecule has 1 aliphatic carbocycles. The van der Waals surface area contributed by atoms with Gasteiger partial charge in [-0.05, 0) is 31.2 Å². The molecule has 0 fully saturated rings. The number of allylic oxidation sites excluding steroid dienone is 2. The van der Waals surface area contributed by atoms with E-state index < -0.39 is 0 Å². The van der Waals surface area contributed by atoms with Gasteiger partial charge in [0.2, 0.25) is 5.91 Å². The van der Waals surface area contributed by atoms with E-state index in [1.54, 1.807) is 4.68 Å². The first-order chi connectivity index (χ1) is 12.8. The second-order valence-electron chi connectivity index (χ2n) is 7.96. The van der Waals surface area contributed by atoms with Crippen molar-refractivity contribution in [3.05, 3.63) is 28.8 Å². The molecule has 0 saturated carbocycles. The molecule has 146 valence electrons. The van der Waals surface area contributed by atoms with E-state index in [2.05, 4.69) is 41.7 Å². The molecule has 2 aromatic heterocycles. The van der Waals surface area contributed by atoms with Gasteiger partial charge in [0.15, 0.2) is 0 Å². The van der Waals surface area contributed by atoms with E-state index >= 15 is 0 Å². The maximum atomic E-state index is 12.7. The Labute approximate surface area is 164 Å². The van der Waals surface area contributed by atoms with E-state index in [1.165, 1.54) is 11.3 Å². The average molecular weight is 389 g/mol. The van der Waals surface area contributed by atoms with Crippen LogP contribution in [0.5, 0.6) is 0 Å². The zero-order valence-corrected chi connectivity index (χ0v) is 17.3. The Bertz CT molecular complexity index is 880. The zero-order valence-electron chi connectivity index (χ0n) is 16.5. The minimum atomic E-state index is -0.348. The van der Waals surface area contributed by atoms with Gasteiger partial charge in [-0.25, -0.2) is 0 Å². The molecule has 0 aromatic carbocycles. The van der Waals surface area contributed by atoms with Crippen LogP contribution in [0, 0.1) is 11.3 Å². The molecule has 3 rings (SSSR count). The fraction of sp³-hybridized carbons (Fsp3) is 0.550. The zero-order chi connectivity index (χ0) is 19.6. The summed E-state index contributed by atoms with van der Waals surface area (Å²) in [5.74, 6) is 0.420. The smallest absolute Gasteiger partial charge is 0.261 e. The maximum absolute atomic E-state index is 12.7. The van der Waals surface area contributed by atoms with Crippen LogP contribution in [-0.4, -0.2) is 28.1 Å². The van der Waals surface area contributed by atoms with Gasteiger partial charge < -0.3 is 10.6 Å². The van der Waals surface area contributed by atoms with E-state index in [4.69, 9.17) is 0 Å². The maximum Gasteiger partial charge on any atom is 0.261 e. The number of thiophene rings is 1. The van der Waals surface area contributed by atoms with Crippen molar-refractivity contribution < 1.29 is 9.59 Å². The topological polar surface area (TPSA) is 76.0 Å². The van der Waals surface area contributed by atoms with Crippen LogP contribution in [0.4, 0.5) is 0 Å². The molecular formula is C20H28N4O2S. The normalized spacial score (nSPS) is 19.6. The van der Waals surface area contributed by atoms with Crippen molar-refractivity contribution in [2.24, 2.45) is 18.4 Å². The number of aryl methyl sites for hydroxylation is 1. The molecule has 2 amide bonds. The molecule has 1 aliphatic rings. The van der Waals surface area contributed by atoms with Gasteiger partial charge in [-0.15, -0.1) is 11.3 Å². The molecule has 0 aliphatic heterocycles. The summed E-state index contributed by atoms with van der Waals surface area (Å²) >= 11 is 1.43. The highest BCUT2D eigenvalue weighted by Gasteiger charge is 2.32. The molecule has 1 unspecified atom stereocenters. The Hall–Kier alpha value is -2.15. The molecule has 7 heteroatoms. The third-order valence-corrected chi connectivity index (χ3v) is 6.25. The van der Waals surface area contributed by atoms with Crippen LogP contribution < -0.4 is 10.6 Å². The average Bonchev–Trinajstić information content (AvgIpc) is 3.19. The van der Waals surface area contributed by atoms with Crippen molar-refractivity contribution in [3.63, 3.8) is 0 Å². The number of nitrogens with one attached hydrogen (secondary N) is 2. The van der Waals surface area contributed by atoms with E-state index in [9.17, 15) is 9.59 Å². The van der Waals surface area contributed by atoms with Gasteiger partial charge in [0.1, 0.15) is 4.83 Å². The summed E-state index contributed by atoms with van der Waals surface area (Å²) in [5.41, 5.74) is 0.453. The molecular weight excluding hydrogens is 360 g/mol. The summed E-state index contributed by atoms with van der Waals surface area (Å²) in [6, 6.07) is 1.88. The van der Waals surface area contributed by atoms with Crippen LogP contribution in [0.1, 0.15) is 55.4 Å². The van der Waals surface area contributed by atoms with Crippen molar-refractivity contribution in [2.75, 3.05) is 6.54 Å². The lowest BCUT2D eigenvalue weighted by Gasteiger charge is -2.29. The van der Waals surface area contributed by atoms with Gasteiger partial charge in [-0.2, -0.15) is 5.10 Å². The largest absolute Gasteiger partial charge is 0.351 e. The highest BCUT2D eigenvalue weighted by molar-refractivity contribution is 7.20. The summed E-state index contributed by atoms with van der Waals surface area (Å²) in [5, 5.41) is 11.5. The number of nitrogens with zero attached hydrogens (tertiary/aromatic N) is 2. The highest BCUT2D eigenvalue weighted by atomic mass is 32.1. The van der Waals surface area contributed by atoms with Crippen LogP contribution in [0.15, 0.2) is 18.2 Å². The molecule has 0 bridgehead atoms. The fourth-order valence-electron chi connectivity index (χ4n) is 3.28. The summed E-state index contributed by atoms with van der Waals surface area (Å²) in [6.07, 6.45) is 6.80. The molecule has 2 N–H and O–H groups in total. The number of hydrogen-bond donors (Lipinski definition) is 2. The van der Waals surface area contributed by atoms with Crippen LogP contribution in [0.3, 0.4) is 0 Å². The lowest BCUT2D eigenvalue weighted by molar-refractivity contribution is -0.130. The first-order valence-corrected chi connectivity index (χ1v) is 10.3. The summed E-state index contributed by atoms with van der Waals surface area (Å²) in [6.45, 7) is 7.18. The van der Waals surface area contributed by atoms with Crippen LogP contribution in [0.2, 0.25) is 0 Å². The molecule has 27 heavy (non-hydrogen) atoms. The Morgan fingerprint density at radius 3 is 2.78 bits per heavy atom. The van der Waals surface area contributed by atoms with Crippen molar-refractivity contribution in [1.82, 2.24) is 20.4 Å². The van der Waals surface area contributed by atoms with Crippen LogP contribution >= 0.6 is 11.3 Å². The predicted octanol–water partition coefficient (Wildman–Crippen LogP) is 3.38. The van der Waals surface area contributed by atoms with Crippen molar-refractivity contribution >= 4 is 33.4 Å². The lowest BCUT2D eigenvalue weighted by atomic mass is 9.78. The Balaban J connectivity index is 1.72. The number of carbonyl (C=O) groups is 2. The van der Waals surface area contributed by atoms with Crippen molar-refractivity contribution in [1.29, 1.82) is 0 Å². The number of carbonyl (C=O) groups excluding carboxylic acids is 2. The Morgan fingerprint density at radius 2 is 2.11 bits per heavy atom. The van der Waals surface area contributed by atoms with Gasteiger partial charge in [-0.3, -0.25) is 14.3 Å². The van der Waals surface area contributed by atoms with E-state index in [0.717, 1.165) is 35.2 Å². The van der Waals surface area contributed by atoms with Crippen molar-refractivity contribution in [2.45, 2.75) is 46.6 Å². The molecule has 1 atom stereocenters. The monoisotopic (exact) mass is 388 g/mol. The SMILES string of the molecule is CC(C)CNC(=O)c1cc2c(CNC(=O)C3(C)CC=CCC3)nn(C)c2s1. The first kappa shape index (κ1) is 19.6. The first-order valence-electron chi connectivity index (χ1n) is 9.47. The standard InChI is InChI=1S/C20H28N4O2S/c1-13(2)11-21-17(25)16-10-14-15(23-24(4)18(14)27-16)12-22-19(26)20(3)8-6-5-7-9-20/h5-6,10,13H,7-9,11-12H2,1-4H3,(H,21,25)(H,22,26). The van der Waals surface area contributed by atoms with Crippen molar-refractivity contribution in [3.8, 4) is 0 Å². The van der Waals surface area contributed by atoms with Crippen LogP contribution in [-0.2, 0) is 18.4 Å². The third-order valence-electron chi connectivity index (χ3n) is 5.05. The number of amides is 2. The van der Waals surface area contributed by atoms with E-state index in [-0.39, 0.29) is 17.2 Å². The van der Waals surface area contributed by atoms with E-state index in [1.807, 2.05) is 20.0 Å². The third kappa shape index (κ3) is 4.24. The van der Waals surface area contributed by atoms with Gasteiger partial charge >= 0.3 is 0 Å². The minimum absolute atomic E-state index is 0.0543. The molecule has 0 spiro atoms. The second kappa shape index (κ2) is 7.84. The lowest BCUT2D eigenvalue weighted by Crippen LogP contribution is -2.39. The fourth-order valence-corrected chi connectivity index (χ4v) is 4.29. The Morgan fingerprint density at radius 1 is 1.33 bits per heavy atom. The van der Waals surface area contributed by atoms with Gasteiger partial charge in [0, 0.05) is 19.0 Å². The number of aromatic nitrogens is 2.